The van der Waals surface area contributed by atoms with Crippen LogP contribution in [0.15, 0.2) is 0 Å². The van der Waals surface area contributed by atoms with Gasteiger partial charge in [0.25, 0.3) is 0 Å². The third-order valence-corrected chi connectivity index (χ3v) is 2.93. The van der Waals surface area contributed by atoms with E-state index in [1.54, 1.807) is 4.90 Å². The predicted molar refractivity (Wildman–Crippen MR) is 58.2 cm³/mol. The van der Waals surface area contributed by atoms with Crippen LogP contribution in [-0.2, 0) is 19.1 Å². The van der Waals surface area contributed by atoms with Gasteiger partial charge in [-0.2, -0.15) is 0 Å². The Balaban J connectivity index is 2.33. The molecule has 0 aromatic heterocycles. The van der Waals surface area contributed by atoms with Crippen LogP contribution in [0.25, 0.3) is 0 Å². The van der Waals surface area contributed by atoms with Crippen LogP contribution in [0.3, 0.4) is 0 Å². The Bertz CT molecular complexity index is 307. The topological polar surface area (TPSA) is 83.9 Å². The van der Waals surface area contributed by atoms with E-state index in [-0.39, 0.29) is 30.6 Å². The molecule has 0 atom stereocenters. The van der Waals surface area contributed by atoms with Gasteiger partial charge in [0.05, 0.1) is 19.4 Å². The highest BCUT2D eigenvalue weighted by molar-refractivity contribution is 5.81. The summed E-state index contributed by atoms with van der Waals surface area (Å²) < 4.78 is 4.64. The number of hydrogen-bond donors (Lipinski definition) is 1. The molecule has 1 N–H and O–H groups in total. The van der Waals surface area contributed by atoms with Gasteiger partial charge in [0.15, 0.2) is 0 Å². The zero-order valence-corrected chi connectivity index (χ0v) is 9.85. The summed E-state index contributed by atoms with van der Waals surface area (Å²) in [6.45, 7) is 0.996. The van der Waals surface area contributed by atoms with Crippen LogP contribution in [0.4, 0.5) is 0 Å². The van der Waals surface area contributed by atoms with Crippen LogP contribution in [0.5, 0.6) is 0 Å². The molecule has 1 saturated heterocycles. The first-order valence-electron chi connectivity index (χ1n) is 5.62. The maximum atomic E-state index is 11.6. The van der Waals surface area contributed by atoms with E-state index in [0.717, 1.165) is 0 Å². The molecule has 96 valence electrons. The molecule has 6 nitrogen and oxygen atoms in total. The van der Waals surface area contributed by atoms with Gasteiger partial charge in [-0.3, -0.25) is 14.4 Å². The van der Waals surface area contributed by atoms with Crippen LogP contribution in [0.1, 0.15) is 25.7 Å². The minimum Gasteiger partial charge on any atom is -0.481 e. The van der Waals surface area contributed by atoms with Crippen molar-refractivity contribution >= 4 is 17.8 Å². The van der Waals surface area contributed by atoms with Crippen molar-refractivity contribution in [1.29, 1.82) is 0 Å². The molecule has 0 spiro atoms. The molecule has 0 aromatic rings. The van der Waals surface area contributed by atoms with Crippen molar-refractivity contribution in [3.63, 3.8) is 0 Å². The summed E-state index contributed by atoms with van der Waals surface area (Å²) in [5.74, 6) is -1.50. The maximum Gasteiger partial charge on any atom is 0.308 e. The van der Waals surface area contributed by atoms with Crippen molar-refractivity contribution < 1.29 is 24.2 Å². The lowest BCUT2D eigenvalue weighted by atomic mass is 9.97. The second-order valence-corrected chi connectivity index (χ2v) is 4.07. The van der Waals surface area contributed by atoms with E-state index in [1.165, 1.54) is 7.11 Å². The fourth-order valence-corrected chi connectivity index (χ4v) is 1.90. The largest absolute Gasteiger partial charge is 0.481 e. The second kappa shape index (κ2) is 6.22. The maximum absolute atomic E-state index is 11.6. The first kappa shape index (κ1) is 13.5. The highest BCUT2D eigenvalue weighted by Crippen LogP contribution is 2.19. The number of carbonyl (C=O) groups excluding carboxylic acids is 2. The number of likely N-dealkylation sites (tertiary alicyclic amines) is 1. The van der Waals surface area contributed by atoms with Gasteiger partial charge in [-0.15, -0.1) is 0 Å². The first-order chi connectivity index (χ1) is 8.04. The number of carboxylic acid groups (broad SMARTS) is 1. The number of amides is 1. The zero-order valence-electron chi connectivity index (χ0n) is 9.85. The molecule has 1 aliphatic rings. The molecule has 1 amide bonds. The summed E-state index contributed by atoms with van der Waals surface area (Å²) in [5, 5.41) is 8.48. The molecule has 1 heterocycles. The van der Waals surface area contributed by atoms with Gasteiger partial charge < -0.3 is 14.7 Å². The Kier molecular flexibility index (Phi) is 4.93. The van der Waals surface area contributed by atoms with Crippen molar-refractivity contribution in [2.45, 2.75) is 25.7 Å². The lowest BCUT2D eigenvalue weighted by Gasteiger charge is -2.30. The van der Waals surface area contributed by atoms with E-state index in [4.69, 9.17) is 5.11 Å². The lowest BCUT2D eigenvalue weighted by molar-refractivity contribution is -0.149. The summed E-state index contributed by atoms with van der Waals surface area (Å²) >= 11 is 0. The minimum absolute atomic E-state index is 0.0260. The molecule has 1 fully saturated rings. The van der Waals surface area contributed by atoms with Crippen molar-refractivity contribution in [3.8, 4) is 0 Å². The molecule has 0 unspecified atom stereocenters. The fourth-order valence-electron chi connectivity index (χ4n) is 1.90. The zero-order chi connectivity index (χ0) is 12.8. The number of esters is 1. The average Bonchev–Trinajstić information content (AvgIpc) is 2.35. The molecular weight excluding hydrogens is 226 g/mol. The Labute approximate surface area is 99.5 Å². The first-order valence-corrected chi connectivity index (χ1v) is 5.62. The SMILES string of the molecule is COC(=O)C1CCN(C(=O)CCC(=O)O)CC1. The number of hydrogen-bond acceptors (Lipinski definition) is 4. The van der Waals surface area contributed by atoms with E-state index in [0.29, 0.717) is 25.9 Å². The Morgan fingerprint density at radius 1 is 1.24 bits per heavy atom. The minimum atomic E-state index is -0.970. The second-order valence-electron chi connectivity index (χ2n) is 4.07. The summed E-state index contributed by atoms with van der Waals surface area (Å²) in [6, 6.07) is 0. The number of carbonyl (C=O) groups is 3. The summed E-state index contributed by atoms with van der Waals surface area (Å²) in [4.78, 5) is 34.8. The van der Waals surface area contributed by atoms with Crippen molar-refractivity contribution in [3.05, 3.63) is 0 Å². The van der Waals surface area contributed by atoms with E-state index >= 15 is 0 Å². The van der Waals surface area contributed by atoms with Gasteiger partial charge in [0.1, 0.15) is 0 Å². The van der Waals surface area contributed by atoms with Gasteiger partial charge >= 0.3 is 11.9 Å². The normalized spacial score (nSPS) is 16.6. The van der Waals surface area contributed by atoms with Crippen LogP contribution in [0.2, 0.25) is 0 Å². The van der Waals surface area contributed by atoms with Gasteiger partial charge in [-0.25, -0.2) is 0 Å². The van der Waals surface area contributed by atoms with E-state index in [1.807, 2.05) is 0 Å². The van der Waals surface area contributed by atoms with E-state index < -0.39 is 5.97 Å². The molecule has 1 aliphatic heterocycles. The summed E-state index contributed by atoms with van der Waals surface area (Å²) in [7, 11) is 1.35. The highest BCUT2D eigenvalue weighted by Gasteiger charge is 2.27. The number of rotatable bonds is 4. The number of carboxylic acids is 1. The fraction of sp³-hybridized carbons (Fsp3) is 0.727. The molecule has 0 aliphatic carbocycles. The molecule has 0 radical (unpaired) electrons. The molecule has 1 rings (SSSR count). The molecule has 17 heavy (non-hydrogen) atoms. The summed E-state index contributed by atoms with van der Waals surface area (Å²) in [5.41, 5.74) is 0. The van der Waals surface area contributed by atoms with Crippen LogP contribution < -0.4 is 0 Å². The van der Waals surface area contributed by atoms with Gasteiger partial charge in [-0.05, 0) is 12.8 Å². The van der Waals surface area contributed by atoms with E-state index in [9.17, 15) is 14.4 Å². The van der Waals surface area contributed by atoms with Crippen LogP contribution in [0, 0.1) is 5.92 Å². The molecule has 0 bridgehead atoms. The predicted octanol–water partition coefficient (Wildman–Crippen LogP) is 0.263. The van der Waals surface area contributed by atoms with E-state index in [2.05, 4.69) is 4.74 Å². The van der Waals surface area contributed by atoms with Crippen molar-refractivity contribution in [2.24, 2.45) is 5.92 Å². The highest BCUT2D eigenvalue weighted by atomic mass is 16.5. The smallest absolute Gasteiger partial charge is 0.308 e. The number of aliphatic carboxylic acids is 1. The molecule has 6 heteroatoms. The average molecular weight is 243 g/mol. The number of nitrogens with zero attached hydrogens (tertiary/aromatic N) is 1. The molecular formula is C11H17NO5. The number of methoxy groups -OCH3 is 1. The van der Waals surface area contributed by atoms with Gasteiger partial charge in [0, 0.05) is 19.5 Å². The quantitative estimate of drug-likeness (QED) is 0.716. The molecule has 0 aromatic carbocycles. The van der Waals surface area contributed by atoms with Gasteiger partial charge in [0.2, 0.25) is 5.91 Å². The number of ether oxygens (including phenoxy) is 1. The van der Waals surface area contributed by atoms with Gasteiger partial charge in [-0.1, -0.05) is 0 Å². The van der Waals surface area contributed by atoms with Crippen molar-refractivity contribution in [2.75, 3.05) is 20.2 Å². The Morgan fingerprint density at radius 3 is 2.29 bits per heavy atom. The number of piperidine rings is 1. The Morgan fingerprint density at radius 2 is 1.82 bits per heavy atom. The third kappa shape index (κ3) is 4.05. The molecule has 0 saturated carbocycles. The standard InChI is InChI=1S/C11H17NO5/c1-17-11(16)8-4-6-12(7-5-8)9(13)2-3-10(14)15/h8H,2-7H2,1H3,(H,14,15). The van der Waals surface area contributed by atoms with Crippen LogP contribution in [-0.4, -0.2) is 48.1 Å². The van der Waals surface area contributed by atoms with Crippen LogP contribution >= 0.6 is 0 Å². The lowest BCUT2D eigenvalue weighted by Crippen LogP contribution is -2.40. The third-order valence-electron chi connectivity index (χ3n) is 2.93. The monoisotopic (exact) mass is 243 g/mol. The van der Waals surface area contributed by atoms with Crippen molar-refractivity contribution in [1.82, 2.24) is 4.90 Å². The summed E-state index contributed by atoms with van der Waals surface area (Å²) in [6.07, 6.45) is 1.06. The Hall–Kier alpha value is -1.59.